The summed E-state index contributed by atoms with van der Waals surface area (Å²) in [5.74, 6) is 0.551. The largest absolute Gasteiger partial charge is 0.351 e. The third-order valence-electron chi connectivity index (χ3n) is 1.62. The van der Waals surface area contributed by atoms with Crippen LogP contribution in [0.2, 0.25) is 0 Å². The maximum atomic E-state index is 3.78. The van der Waals surface area contributed by atoms with Gasteiger partial charge >= 0.3 is 0 Å². The molecule has 0 aliphatic carbocycles. The molecule has 0 saturated carbocycles. The summed E-state index contributed by atoms with van der Waals surface area (Å²) in [6.45, 7) is 0.830. The van der Waals surface area contributed by atoms with Gasteiger partial charge in [-0.15, -0.1) is 5.10 Å². The van der Waals surface area contributed by atoms with Gasteiger partial charge in [0.05, 0.1) is 0 Å². The highest BCUT2D eigenvalue weighted by Gasteiger charge is 1.96. The minimum atomic E-state index is 0.551. The Morgan fingerprint density at radius 3 is 3.23 bits per heavy atom. The summed E-state index contributed by atoms with van der Waals surface area (Å²) in [7, 11) is 0. The van der Waals surface area contributed by atoms with Gasteiger partial charge in [0.15, 0.2) is 0 Å². The second-order valence-corrected chi connectivity index (χ2v) is 3.32. The zero-order chi connectivity index (χ0) is 8.93. The van der Waals surface area contributed by atoms with E-state index in [1.165, 1.54) is 5.56 Å². The van der Waals surface area contributed by atoms with Crippen LogP contribution in [0.3, 0.4) is 0 Å². The van der Waals surface area contributed by atoms with Crippen molar-refractivity contribution < 1.29 is 0 Å². The molecule has 0 amide bonds. The summed E-state index contributed by atoms with van der Waals surface area (Å²) in [6.07, 6.45) is 0.984. The minimum Gasteiger partial charge on any atom is -0.351 e. The number of thiophene rings is 1. The highest BCUT2D eigenvalue weighted by atomic mass is 32.1. The van der Waals surface area contributed by atoms with Gasteiger partial charge in [-0.25, -0.2) is 0 Å². The Labute approximate surface area is 79.2 Å². The molecule has 6 heteroatoms. The van der Waals surface area contributed by atoms with Gasteiger partial charge in [-0.2, -0.15) is 16.6 Å². The predicted octanol–water partition coefficient (Wildman–Crippen LogP) is 0.916. The zero-order valence-corrected chi connectivity index (χ0v) is 7.71. The molecule has 0 aliphatic rings. The van der Waals surface area contributed by atoms with Crippen LogP contribution in [0.4, 0.5) is 5.95 Å². The molecular weight excluding hydrogens is 186 g/mol. The molecule has 0 atom stereocenters. The van der Waals surface area contributed by atoms with E-state index in [0.29, 0.717) is 5.95 Å². The Kier molecular flexibility index (Phi) is 2.51. The lowest BCUT2D eigenvalue weighted by Gasteiger charge is -1.97. The smallest absolute Gasteiger partial charge is 0.263 e. The van der Waals surface area contributed by atoms with Crippen molar-refractivity contribution in [3.63, 3.8) is 0 Å². The normalized spacial score (nSPS) is 10.2. The van der Waals surface area contributed by atoms with Crippen LogP contribution in [-0.4, -0.2) is 27.2 Å². The molecular formula is C7H9N5S. The van der Waals surface area contributed by atoms with Gasteiger partial charge in [-0.1, -0.05) is 5.10 Å². The summed E-state index contributed by atoms with van der Waals surface area (Å²) < 4.78 is 0. The molecule has 13 heavy (non-hydrogen) atoms. The first-order valence-electron chi connectivity index (χ1n) is 3.93. The topological polar surface area (TPSA) is 66.5 Å². The van der Waals surface area contributed by atoms with Crippen molar-refractivity contribution >= 4 is 17.3 Å². The molecule has 5 nitrogen and oxygen atoms in total. The second-order valence-electron chi connectivity index (χ2n) is 2.54. The Hall–Kier alpha value is -1.43. The SMILES string of the molecule is c1cc(CCNc2nn[nH]n2)cs1. The molecule has 0 spiro atoms. The summed E-state index contributed by atoms with van der Waals surface area (Å²) in [5.41, 5.74) is 1.33. The molecule has 2 aromatic heterocycles. The van der Waals surface area contributed by atoms with Gasteiger partial charge in [0.2, 0.25) is 0 Å². The first-order valence-corrected chi connectivity index (χ1v) is 4.88. The second kappa shape index (κ2) is 3.99. The van der Waals surface area contributed by atoms with Crippen LogP contribution in [0.5, 0.6) is 0 Å². The van der Waals surface area contributed by atoms with E-state index in [0.717, 1.165) is 13.0 Å². The third kappa shape index (κ3) is 2.25. The fourth-order valence-corrected chi connectivity index (χ4v) is 1.69. The lowest BCUT2D eigenvalue weighted by molar-refractivity contribution is 0.881. The maximum absolute atomic E-state index is 3.78. The average Bonchev–Trinajstić information content (AvgIpc) is 2.75. The van der Waals surface area contributed by atoms with Gasteiger partial charge in [0.1, 0.15) is 0 Å². The molecule has 0 fully saturated rings. The van der Waals surface area contributed by atoms with Crippen molar-refractivity contribution in [1.29, 1.82) is 0 Å². The Morgan fingerprint density at radius 1 is 1.54 bits per heavy atom. The van der Waals surface area contributed by atoms with E-state index in [2.05, 4.69) is 42.8 Å². The van der Waals surface area contributed by atoms with Gasteiger partial charge < -0.3 is 5.32 Å². The van der Waals surface area contributed by atoms with Crippen LogP contribution >= 0.6 is 11.3 Å². The van der Waals surface area contributed by atoms with Crippen molar-refractivity contribution in [2.45, 2.75) is 6.42 Å². The van der Waals surface area contributed by atoms with Crippen LogP contribution in [0.15, 0.2) is 16.8 Å². The van der Waals surface area contributed by atoms with Crippen molar-refractivity contribution in [1.82, 2.24) is 20.6 Å². The molecule has 0 bridgehead atoms. The third-order valence-corrected chi connectivity index (χ3v) is 2.35. The molecule has 2 aromatic rings. The number of tetrazole rings is 1. The van der Waals surface area contributed by atoms with Gasteiger partial charge in [-0.05, 0) is 34.0 Å². The quantitative estimate of drug-likeness (QED) is 0.761. The molecule has 0 aromatic carbocycles. The van der Waals surface area contributed by atoms with Crippen molar-refractivity contribution in [2.75, 3.05) is 11.9 Å². The standard InChI is InChI=1S/C7H9N5S/c1(6-2-4-13-5-6)3-8-7-9-11-12-10-7/h2,4-5H,1,3H2,(H2,8,9,10,11,12). The van der Waals surface area contributed by atoms with Gasteiger partial charge in [0.25, 0.3) is 5.95 Å². The Morgan fingerprint density at radius 2 is 2.54 bits per heavy atom. The van der Waals surface area contributed by atoms with Gasteiger partial charge in [0, 0.05) is 6.54 Å². The molecule has 0 saturated heterocycles. The summed E-state index contributed by atoms with van der Waals surface area (Å²) in [6, 6.07) is 2.11. The van der Waals surface area contributed by atoms with Crippen LogP contribution < -0.4 is 5.32 Å². The number of hydrogen-bond donors (Lipinski definition) is 2. The Bertz CT molecular complexity index is 293. The number of hydrogen-bond acceptors (Lipinski definition) is 5. The lowest BCUT2D eigenvalue weighted by atomic mass is 10.2. The molecule has 2 heterocycles. The molecule has 0 aliphatic heterocycles. The van der Waals surface area contributed by atoms with Crippen molar-refractivity contribution in [3.8, 4) is 0 Å². The number of nitrogens with one attached hydrogen (secondary N) is 2. The highest BCUT2D eigenvalue weighted by molar-refractivity contribution is 7.07. The van der Waals surface area contributed by atoms with E-state index < -0.39 is 0 Å². The molecule has 2 rings (SSSR count). The van der Waals surface area contributed by atoms with Crippen LogP contribution in [0.1, 0.15) is 5.56 Å². The van der Waals surface area contributed by atoms with E-state index in [-0.39, 0.29) is 0 Å². The van der Waals surface area contributed by atoms with Gasteiger partial charge in [-0.3, -0.25) is 0 Å². The van der Waals surface area contributed by atoms with Crippen LogP contribution in [0.25, 0.3) is 0 Å². The number of aromatic amines is 1. The number of aromatic nitrogens is 4. The fourth-order valence-electron chi connectivity index (χ4n) is 0.990. The summed E-state index contributed by atoms with van der Waals surface area (Å²) >= 11 is 1.71. The predicted molar refractivity (Wildman–Crippen MR) is 50.7 cm³/mol. The lowest BCUT2D eigenvalue weighted by Crippen LogP contribution is -2.05. The minimum absolute atomic E-state index is 0.551. The monoisotopic (exact) mass is 195 g/mol. The first kappa shape index (κ1) is 8.18. The van der Waals surface area contributed by atoms with Crippen LogP contribution in [0, 0.1) is 0 Å². The van der Waals surface area contributed by atoms with E-state index in [4.69, 9.17) is 0 Å². The number of H-pyrrole nitrogens is 1. The summed E-state index contributed by atoms with van der Waals surface area (Å²) in [4.78, 5) is 0. The number of rotatable bonds is 4. The maximum Gasteiger partial charge on any atom is 0.263 e. The fraction of sp³-hybridized carbons (Fsp3) is 0.286. The van der Waals surface area contributed by atoms with E-state index in [1.807, 2.05) is 0 Å². The number of anilines is 1. The molecule has 2 N–H and O–H groups in total. The Balaban J connectivity index is 1.76. The van der Waals surface area contributed by atoms with Crippen LogP contribution in [-0.2, 0) is 6.42 Å². The first-order chi connectivity index (χ1) is 6.45. The zero-order valence-electron chi connectivity index (χ0n) is 6.90. The van der Waals surface area contributed by atoms with Crippen molar-refractivity contribution in [3.05, 3.63) is 22.4 Å². The van der Waals surface area contributed by atoms with E-state index in [1.54, 1.807) is 11.3 Å². The average molecular weight is 195 g/mol. The number of nitrogens with zero attached hydrogens (tertiary/aromatic N) is 3. The van der Waals surface area contributed by atoms with E-state index >= 15 is 0 Å². The van der Waals surface area contributed by atoms with E-state index in [9.17, 15) is 0 Å². The van der Waals surface area contributed by atoms with Crippen molar-refractivity contribution in [2.24, 2.45) is 0 Å². The highest BCUT2D eigenvalue weighted by Crippen LogP contribution is 2.06. The molecule has 0 unspecified atom stereocenters. The summed E-state index contributed by atoms with van der Waals surface area (Å²) in [5, 5.41) is 20.6. The molecule has 0 radical (unpaired) electrons. The molecule has 68 valence electrons.